The molecule has 0 N–H and O–H groups in total. The molecule has 0 aromatic heterocycles. The molecule has 2 heterocycles. The molecule has 6 rings (SSSR count). The maximum atomic E-state index is 13.3. The van der Waals surface area contributed by atoms with Gasteiger partial charge in [-0.1, -0.05) is 35.7 Å². The number of likely N-dealkylation sites (N-methyl/N-ethyl adjacent to an activating group) is 1. The van der Waals surface area contributed by atoms with E-state index in [-0.39, 0.29) is 18.4 Å². The van der Waals surface area contributed by atoms with Gasteiger partial charge in [-0.05, 0) is 62.2 Å². The van der Waals surface area contributed by atoms with Gasteiger partial charge in [-0.15, -0.1) is 6.42 Å². The lowest BCUT2D eigenvalue weighted by molar-refractivity contribution is -0.215. The fraction of sp³-hybridized carbons (Fsp3) is 0.444. The smallest absolute Gasteiger partial charge is 0.174 e. The second kappa shape index (κ2) is 7.50. The summed E-state index contributed by atoms with van der Waals surface area (Å²) in [5.74, 6) is 3.97. The van der Waals surface area contributed by atoms with E-state index < -0.39 is 17.1 Å². The van der Waals surface area contributed by atoms with Crippen molar-refractivity contribution >= 4 is 17.4 Å². The van der Waals surface area contributed by atoms with Crippen LogP contribution in [0.2, 0.25) is 5.02 Å². The lowest BCUT2D eigenvalue weighted by Crippen LogP contribution is -2.76. The van der Waals surface area contributed by atoms with Crippen molar-refractivity contribution in [1.82, 2.24) is 4.90 Å². The fourth-order valence-corrected chi connectivity index (χ4v) is 7.07. The molecular weight excluding hydrogens is 438 g/mol. The lowest BCUT2D eigenvalue weighted by atomic mass is 9.49. The van der Waals surface area contributed by atoms with Crippen LogP contribution in [0.3, 0.4) is 0 Å². The van der Waals surface area contributed by atoms with Crippen LogP contribution in [0.1, 0.15) is 36.0 Å². The van der Waals surface area contributed by atoms with Gasteiger partial charge in [0.1, 0.15) is 6.61 Å². The predicted molar refractivity (Wildman–Crippen MR) is 125 cm³/mol. The van der Waals surface area contributed by atoms with Crippen molar-refractivity contribution in [3.05, 3.63) is 58.1 Å². The number of carbonyl (C=O) groups excluding carboxylic acids is 1. The van der Waals surface area contributed by atoms with E-state index in [1.54, 1.807) is 0 Å². The van der Waals surface area contributed by atoms with Crippen molar-refractivity contribution in [2.75, 3.05) is 20.2 Å². The van der Waals surface area contributed by atoms with Crippen molar-refractivity contribution < 1.29 is 19.0 Å². The van der Waals surface area contributed by atoms with Gasteiger partial charge in [0.25, 0.3) is 0 Å². The predicted octanol–water partition coefficient (Wildman–Crippen LogP) is 3.93. The first-order valence-electron chi connectivity index (χ1n) is 11.5. The standard InChI is InChI=1S/C27H26ClNO4/c1-3-13-31-21-8-7-18-15-22-27(32-16-17-5-4-6-19(28)14-17)10-9-20(30)25-26(27,11-12-29(22)2)23(18)24(21)33-25/h1,4-8,14,22,25H,9-13,15-16H2,2H3/t22-,25+,26+,27-/m1/s1. The van der Waals surface area contributed by atoms with Gasteiger partial charge < -0.3 is 19.1 Å². The van der Waals surface area contributed by atoms with Crippen LogP contribution in [0.15, 0.2) is 36.4 Å². The minimum atomic E-state index is -0.563. The number of halogens is 1. The van der Waals surface area contributed by atoms with Crippen LogP contribution in [0.5, 0.6) is 11.5 Å². The molecule has 5 nitrogen and oxygen atoms in total. The summed E-state index contributed by atoms with van der Waals surface area (Å²) >= 11 is 6.24. The Labute approximate surface area is 199 Å². The third-order valence-corrected chi connectivity index (χ3v) is 8.40. The average molecular weight is 464 g/mol. The highest BCUT2D eigenvalue weighted by atomic mass is 35.5. The van der Waals surface area contributed by atoms with E-state index in [1.807, 2.05) is 30.3 Å². The number of nitrogens with zero attached hydrogens (tertiary/aromatic N) is 1. The highest BCUT2D eigenvalue weighted by molar-refractivity contribution is 6.30. The summed E-state index contributed by atoms with van der Waals surface area (Å²) in [4.78, 5) is 15.7. The highest BCUT2D eigenvalue weighted by Gasteiger charge is 2.74. The zero-order valence-electron chi connectivity index (χ0n) is 18.6. The van der Waals surface area contributed by atoms with Crippen LogP contribution in [-0.4, -0.2) is 48.6 Å². The topological polar surface area (TPSA) is 48.0 Å². The van der Waals surface area contributed by atoms with Gasteiger partial charge in [-0.2, -0.15) is 0 Å². The van der Waals surface area contributed by atoms with Gasteiger partial charge in [-0.25, -0.2) is 0 Å². The quantitative estimate of drug-likeness (QED) is 0.629. The number of benzene rings is 2. The molecule has 1 saturated carbocycles. The Hall–Kier alpha value is -2.52. The van der Waals surface area contributed by atoms with Crippen LogP contribution < -0.4 is 9.47 Å². The second-order valence-corrected chi connectivity index (χ2v) is 10.1. The Morgan fingerprint density at radius 3 is 3.00 bits per heavy atom. The van der Waals surface area contributed by atoms with E-state index in [4.69, 9.17) is 32.2 Å². The maximum Gasteiger partial charge on any atom is 0.174 e. The minimum Gasteiger partial charge on any atom is -0.477 e. The fourth-order valence-electron chi connectivity index (χ4n) is 6.86. The van der Waals surface area contributed by atoms with E-state index in [0.717, 1.165) is 30.5 Å². The number of Topliss-reactive ketones (excluding diaryl/α,β-unsaturated/α-hetero) is 1. The molecule has 0 radical (unpaired) electrons. The molecular formula is C27H26ClNO4. The molecule has 4 aliphatic rings. The summed E-state index contributed by atoms with van der Waals surface area (Å²) in [5, 5.41) is 0.691. The number of likely N-dealkylation sites (tertiary alicyclic amines) is 1. The number of carbonyl (C=O) groups is 1. The normalized spacial score (nSPS) is 31.5. The maximum absolute atomic E-state index is 13.3. The first kappa shape index (κ1) is 21.0. The van der Waals surface area contributed by atoms with Crippen molar-refractivity contribution in [1.29, 1.82) is 0 Å². The minimum absolute atomic E-state index is 0.146. The largest absolute Gasteiger partial charge is 0.477 e. The van der Waals surface area contributed by atoms with Gasteiger partial charge in [0.15, 0.2) is 23.4 Å². The van der Waals surface area contributed by atoms with Crippen LogP contribution >= 0.6 is 11.6 Å². The summed E-state index contributed by atoms with van der Waals surface area (Å²) in [6, 6.07) is 12.0. The van der Waals surface area contributed by atoms with Crippen LogP contribution in [0.25, 0.3) is 0 Å². The molecule has 4 atom stereocenters. The number of hydrogen-bond acceptors (Lipinski definition) is 5. The van der Waals surface area contributed by atoms with Crippen LogP contribution in [0.4, 0.5) is 0 Å². The van der Waals surface area contributed by atoms with Crippen molar-refractivity contribution in [2.24, 2.45) is 0 Å². The number of ether oxygens (including phenoxy) is 3. The van der Waals surface area contributed by atoms with E-state index in [0.29, 0.717) is 36.0 Å². The second-order valence-electron chi connectivity index (χ2n) is 9.61. The lowest BCUT2D eigenvalue weighted by Gasteiger charge is -2.64. The van der Waals surface area contributed by atoms with E-state index in [9.17, 15) is 4.79 Å². The first-order valence-corrected chi connectivity index (χ1v) is 11.9. The summed E-state index contributed by atoms with van der Waals surface area (Å²) in [5.41, 5.74) is 2.28. The highest BCUT2D eigenvalue weighted by Crippen LogP contribution is 2.66. The van der Waals surface area contributed by atoms with Gasteiger partial charge >= 0.3 is 0 Å². The van der Waals surface area contributed by atoms with E-state index in [1.165, 1.54) is 5.56 Å². The van der Waals surface area contributed by atoms with Crippen molar-refractivity contribution in [3.63, 3.8) is 0 Å². The molecule has 2 aromatic carbocycles. The van der Waals surface area contributed by atoms with Gasteiger partial charge in [-0.3, -0.25) is 4.79 Å². The molecule has 1 saturated heterocycles. The van der Waals surface area contributed by atoms with Crippen LogP contribution in [-0.2, 0) is 28.0 Å². The molecule has 2 fully saturated rings. The molecule has 1 spiro atoms. The SMILES string of the molecule is C#CCOc1ccc2c3c1O[C@H]1C(=O)CC[C@@]4(OCc5cccc(Cl)c5)[C@@H](C2)N(C)CC[C@]314. The van der Waals surface area contributed by atoms with Gasteiger partial charge in [0.2, 0.25) is 0 Å². The molecule has 2 aromatic rings. The number of ketones is 1. The molecule has 33 heavy (non-hydrogen) atoms. The van der Waals surface area contributed by atoms with E-state index in [2.05, 4.69) is 23.9 Å². The Balaban J connectivity index is 1.51. The number of hydrogen-bond donors (Lipinski definition) is 0. The number of piperidine rings is 1. The Bertz CT molecular complexity index is 1190. The third kappa shape index (κ3) is 2.78. The van der Waals surface area contributed by atoms with Crippen molar-refractivity contribution in [2.45, 2.75) is 55.5 Å². The summed E-state index contributed by atoms with van der Waals surface area (Å²) in [6.07, 6.45) is 7.63. The van der Waals surface area contributed by atoms with E-state index >= 15 is 0 Å². The van der Waals surface area contributed by atoms with Crippen molar-refractivity contribution in [3.8, 4) is 23.8 Å². The average Bonchev–Trinajstić information content (AvgIpc) is 3.17. The zero-order valence-corrected chi connectivity index (χ0v) is 19.4. The first-order chi connectivity index (χ1) is 16.0. The zero-order chi connectivity index (χ0) is 22.8. The number of rotatable bonds is 5. The molecule has 2 bridgehead atoms. The Morgan fingerprint density at radius 1 is 1.30 bits per heavy atom. The summed E-state index contributed by atoms with van der Waals surface area (Å²) in [7, 11) is 2.17. The summed E-state index contributed by atoms with van der Waals surface area (Å²) < 4.78 is 19.3. The molecule has 0 unspecified atom stereocenters. The molecule has 2 aliphatic heterocycles. The Kier molecular flexibility index (Phi) is 4.78. The molecule has 170 valence electrons. The third-order valence-electron chi connectivity index (χ3n) is 8.17. The molecule has 0 amide bonds. The number of terminal acetylenes is 1. The van der Waals surface area contributed by atoms with Gasteiger partial charge in [0.05, 0.1) is 17.6 Å². The molecule has 6 heteroatoms. The summed E-state index contributed by atoms with van der Waals surface area (Å²) in [6.45, 7) is 1.47. The van der Waals surface area contributed by atoms with Crippen LogP contribution in [0, 0.1) is 12.3 Å². The monoisotopic (exact) mass is 463 g/mol. The molecule has 2 aliphatic carbocycles. The van der Waals surface area contributed by atoms with Gasteiger partial charge in [0, 0.05) is 23.0 Å². The Morgan fingerprint density at radius 2 is 2.18 bits per heavy atom.